The number of carbonyl (C=O) groups is 1. The van der Waals surface area contributed by atoms with Crippen LogP contribution in [0.1, 0.15) is 24.8 Å². The maximum atomic E-state index is 13.5. The summed E-state index contributed by atoms with van der Waals surface area (Å²) in [6.07, 6.45) is 7.23. The maximum Gasteiger partial charge on any atom is 0.227 e. The van der Waals surface area contributed by atoms with Gasteiger partial charge in [-0.1, -0.05) is 6.42 Å². The van der Waals surface area contributed by atoms with Crippen molar-refractivity contribution in [2.45, 2.75) is 25.7 Å². The Kier molecular flexibility index (Phi) is 7.12. The van der Waals surface area contributed by atoms with E-state index in [-0.39, 0.29) is 17.7 Å². The van der Waals surface area contributed by atoms with E-state index in [4.69, 9.17) is 14.5 Å². The van der Waals surface area contributed by atoms with Gasteiger partial charge in [0.25, 0.3) is 0 Å². The Morgan fingerprint density at radius 2 is 1.78 bits per heavy atom. The van der Waals surface area contributed by atoms with Crippen LogP contribution in [0.4, 0.5) is 17.5 Å². The third kappa shape index (κ3) is 5.16. The molecule has 9 nitrogen and oxygen atoms in total. The molecule has 3 aromatic rings. The molecule has 194 valence electrons. The first-order valence-electron chi connectivity index (χ1n) is 12.7. The number of nitrogens with one attached hydrogen (secondary N) is 1. The average molecular weight is 503 g/mol. The number of benzene rings is 1. The number of carbonyl (C=O) groups excluding carboxylic acids is 1. The van der Waals surface area contributed by atoms with E-state index in [1.807, 2.05) is 43.3 Å². The first kappa shape index (κ1) is 24.8. The second kappa shape index (κ2) is 10.6. The van der Waals surface area contributed by atoms with Gasteiger partial charge in [-0.3, -0.25) is 4.79 Å². The molecule has 1 N–H and O–H groups in total. The van der Waals surface area contributed by atoms with Crippen LogP contribution in [-0.4, -0.2) is 67.2 Å². The van der Waals surface area contributed by atoms with E-state index in [1.54, 1.807) is 26.6 Å². The fraction of sp³-hybridized carbons (Fsp3) is 0.429. The van der Waals surface area contributed by atoms with Gasteiger partial charge in [-0.05, 0) is 49.4 Å². The Morgan fingerprint density at radius 3 is 2.59 bits per heavy atom. The van der Waals surface area contributed by atoms with Crippen molar-refractivity contribution in [2.75, 3.05) is 51.6 Å². The highest BCUT2D eigenvalue weighted by Gasteiger charge is 2.35. The molecule has 1 aromatic carbocycles. The van der Waals surface area contributed by atoms with Crippen molar-refractivity contribution in [3.05, 3.63) is 48.3 Å². The minimum absolute atomic E-state index is 0.0111. The summed E-state index contributed by atoms with van der Waals surface area (Å²) in [7, 11) is 7.20. The van der Waals surface area contributed by atoms with Gasteiger partial charge in [-0.15, -0.1) is 0 Å². The van der Waals surface area contributed by atoms with Crippen molar-refractivity contribution in [2.24, 2.45) is 11.8 Å². The Balaban J connectivity index is 1.59. The summed E-state index contributed by atoms with van der Waals surface area (Å²) >= 11 is 0. The molecule has 2 aromatic heterocycles. The van der Waals surface area contributed by atoms with Gasteiger partial charge in [0.15, 0.2) is 11.5 Å². The Hall–Kier alpha value is -3.88. The molecule has 6 bridgehead atoms. The second-order valence-electron chi connectivity index (χ2n) is 9.85. The van der Waals surface area contributed by atoms with Gasteiger partial charge < -0.3 is 24.6 Å². The monoisotopic (exact) mass is 502 g/mol. The van der Waals surface area contributed by atoms with Crippen LogP contribution in [0, 0.1) is 11.8 Å². The standard InChI is InChI=1S/C28H34N6O3/c1-33-12-13-34(2)27(35)22-7-5-6-18(22)14-20-15-21(17-24(36-3)26(20)37-4)31-28-30-11-9-23(32-28)19-8-10-29-25(33)16-19/h8-11,15-18,22H,5-7,12-14H2,1-4H3,(H,30,31,32)/t18?,22-/m1/s1. The van der Waals surface area contributed by atoms with Crippen molar-refractivity contribution in [3.63, 3.8) is 0 Å². The van der Waals surface area contributed by atoms with Gasteiger partial charge in [-0.25, -0.2) is 15.0 Å². The molecule has 1 aliphatic heterocycles. The lowest BCUT2D eigenvalue weighted by Gasteiger charge is -2.28. The molecule has 0 spiro atoms. The summed E-state index contributed by atoms with van der Waals surface area (Å²) in [5.41, 5.74) is 3.54. The van der Waals surface area contributed by atoms with E-state index in [2.05, 4.69) is 26.3 Å². The van der Waals surface area contributed by atoms with Crippen LogP contribution in [0.3, 0.4) is 0 Å². The van der Waals surface area contributed by atoms with Crippen LogP contribution in [0.15, 0.2) is 42.7 Å². The highest BCUT2D eigenvalue weighted by molar-refractivity contribution is 5.79. The van der Waals surface area contributed by atoms with Crippen LogP contribution in [-0.2, 0) is 11.2 Å². The molecule has 2 aliphatic rings. The SMILES string of the molecule is COc1cc2cc(c1OC)CC1CCC[C@H]1C(=O)N(C)CCN(C)c1cc(ccn1)-c1ccnc(n1)N2. The number of anilines is 3. The predicted octanol–water partition coefficient (Wildman–Crippen LogP) is 4.17. The molecule has 1 amide bonds. The molecule has 5 rings (SSSR count). The van der Waals surface area contributed by atoms with E-state index in [0.717, 1.165) is 54.0 Å². The number of amides is 1. The third-order valence-corrected chi connectivity index (χ3v) is 7.51. The number of nitrogens with zero attached hydrogens (tertiary/aromatic N) is 5. The van der Waals surface area contributed by atoms with Crippen molar-refractivity contribution >= 4 is 23.4 Å². The summed E-state index contributed by atoms with van der Waals surface area (Å²) in [5, 5.41) is 3.35. The van der Waals surface area contributed by atoms with Crippen LogP contribution in [0.5, 0.6) is 11.5 Å². The first-order chi connectivity index (χ1) is 18.0. The topological polar surface area (TPSA) is 92.7 Å². The third-order valence-electron chi connectivity index (χ3n) is 7.51. The highest BCUT2D eigenvalue weighted by atomic mass is 16.5. The van der Waals surface area contributed by atoms with Crippen LogP contribution < -0.4 is 19.7 Å². The number of pyridine rings is 1. The number of methoxy groups -OCH3 is 2. The number of likely N-dealkylation sites (N-methyl/N-ethyl adjacent to an activating group) is 2. The van der Waals surface area contributed by atoms with Crippen molar-refractivity contribution in [1.29, 1.82) is 0 Å². The van der Waals surface area contributed by atoms with Crippen molar-refractivity contribution < 1.29 is 14.3 Å². The lowest BCUT2D eigenvalue weighted by atomic mass is 9.88. The molecule has 9 heteroatoms. The fourth-order valence-electron chi connectivity index (χ4n) is 5.46. The van der Waals surface area contributed by atoms with E-state index < -0.39 is 0 Å². The summed E-state index contributed by atoms with van der Waals surface area (Å²) in [6.45, 7) is 1.30. The molecular weight excluding hydrogens is 468 g/mol. The molecule has 2 atom stereocenters. The summed E-state index contributed by atoms with van der Waals surface area (Å²) in [4.78, 5) is 31.2. The number of rotatable bonds is 2. The molecule has 0 radical (unpaired) electrons. The Morgan fingerprint density at radius 1 is 0.973 bits per heavy atom. The van der Waals surface area contributed by atoms with E-state index in [9.17, 15) is 4.79 Å². The van der Waals surface area contributed by atoms with E-state index in [0.29, 0.717) is 30.5 Å². The summed E-state index contributed by atoms with van der Waals surface area (Å²) < 4.78 is 11.4. The van der Waals surface area contributed by atoms with Crippen LogP contribution in [0.2, 0.25) is 0 Å². The number of aromatic nitrogens is 3. The Bertz CT molecular complexity index is 1280. The van der Waals surface area contributed by atoms with Crippen molar-refractivity contribution in [1.82, 2.24) is 19.9 Å². The minimum Gasteiger partial charge on any atom is -0.493 e. The highest BCUT2D eigenvalue weighted by Crippen LogP contribution is 2.41. The van der Waals surface area contributed by atoms with E-state index >= 15 is 0 Å². The van der Waals surface area contributed by atoms with Crippen LogP contribution in [0.25, 0.3) is 11.3 Å². The smallest absolute Gasteiger partial charge is 0.227 e. The predicted molar refractivity (Wildman–Crippen MR) is 144 cm³/mol. The van der Waals surface area contributed by atoms with Crippen molar-refractivity contribution in [3.8, 4) is 22.8 Å². The zero-order valence-electron chi connectivity index (χ0n) is 21.9. The van der Waals surface area contributed by atoms with Gasteiger partial charge in [-0.2, -0.15) is 0 Å². The van der Waals surface area contributed by atoms with E-state index in [1.165, 1.54) is 0 Å². The largest absolute Gasteiger partial charge is 0.493 e. The molecule has 1 saturated carbocycles. The maximum absolute atomic E-state index is 13.5. The molecule has 37 heavy (non-hydrogen) atoms. The average Bonchev–Trinajstić information content (AvgIpc) is 3.38. The molecule has 3 heterocycles. The number of ether oxygens (including phenoxy) is 2. The molecule has 0 saturated heterocycles. The second-order valence-corrected chi connectivity index (χ2v) is 9.85. The van der Waals surface area contributed by atoms with Gasteiger partial charge in [0, 0.05) is 68.4 Å². The van der Waals surface area contributed by atoms with Crippen LogP contribution >= 0.6 is 0 Å². The number of fused-ring (bicyclic) bond motifs is 8. The summed E-state index contributed by atoms with van der Waals surface area (Å²) in [6, 6.07) is 9.78. The summed E-state index contributed by atoms with van der Waals surface area (Å²) in [5.74, 6) is 3.08. The number of hydrogen-bond donors (Lipinski definition) is 1. The molecular formula is C28H34N6O3. The first-order valence-corrected chi connectivity index (χ1v) is 12.7. The lowest BCUT2D eigenvalue weighted by Crippen LogP contribution is -2.39. The van der Waals surface area contributed by atoms with Gasteiger partial charge >= 0.3 is 0 Å². The molecule has 1 unspecified atom stereocenters. The van der Waals surface area contributed by atoms with Gasteiger partial charge in [0.2, 0.25) is 11.9 Å². The molecule has 1 fully saturated rings. The number of hydrogen-bond acceptors (Lipinski definition) is 8. The minimum atomic E-state index is -0.0111. The molecule has 1 aliphatic carbocycles. The fourth-order valence-corrected chi connectivity index (χ4v) is 5.46. The van der Waals surface area contributed by atoms with Gasteiger partial charge in [0.1, 0.15) is 5.82 Å². The van der Waals surface area contributed by atoms with Gasteiger partial charge in [0.05, 0.1) is 19.9 Å². The zero-order chi connectivity index (χ0) is 25.9. The zero-order valence-corrected chi connectivity index (χ0v) is 21.9. The Labute approximate surface area is 217 Å². The quantitative estimate of drug-likeness (QED) is 0.558. The normalized spacial score (nSPS) is 19.9. The lowest BCUT2D eigenvalue weighted by molar-refractivity contribution is -0.135.